The molecule has 11 heavy (non-hydrogen) atoms. The lowest BCUT2D eigenvalue weighted by atomic mass is 10.3. The van der Waals surface area contributed by atoms with E-state index in [0.29, 0.717) is 5.70 Å². The van der Waals surface area contributed by atoms with Crippen LogP contribution in [0.1, 0.15) is 19.8 Å². The van der Waals surface area contributed by atoms with Crippen LogP contribution in [-0.4, -0.2) is 11.9 Å². The van der Waals surface area contributed by atoms with Gasteiger partial charge < -0.3 is 5.32 Å². The zero-order chi connectivity index (χ0) is 8.27. The molecular weight excluding hydrogens is 144 g/mol. The molecule has 0 aromatic carbocycles. The van der Waals surface area contributed by atoms with E-state index >= 15 is 0 Å². The van der Waals surface area contributed by atoms with Gasteiger partial charge in [0.05, 0.1) is 0 Å². The highest BCUT2D eigenvalue weighted by molar-refractivity contribution is 6.11. The molecule has 1 aliphatic heterocycles. The maximum atomic E-state index is 10.8. The molecule has 0 spiro atoms. The summed E-state index contributed by atoms with van der Waals surface area (Å²) in [5.74, 6) is -0.330. The molecule has 0 aliphatic carbocycles. The van der Waals surface area contributed by atoms with Gasteiger partial charge in [-0.15, -0.1) is 0 Å². The van der Waals surface area contributed by atoms with Crippen molar-refractivity contribution < 1.29 is 9.59 Å². The summed E-state index contributed by atoms with van der Waals surface area (Å²) in [6, 6.07) is -0.433. The van der Waals surface area contributed by atoms with Crippen LogP contribution in [0.4, 0.5) is 4.79 Å². The Morgan fingerprint density at radius 3 is 2.55 bits per heavy atom. The fraction of sp³-hybridized carbons (Fsp3) is 0.429. The summed E-state index contributed by atoms with van der Waals surface area (Å²) in [7, 11) is 0. The number of amides is 3. The van der Waals surface area contributed by atoms with E-state index in [-0.39, 0.29) is 5.91 Å². The largest absolute Gasteiger partial charge is 0.326 e. The van der Waals surface area contributed by atoms with Gasteiger partial charge in [-0.05, 0) is 6.42 Å². The fourth-order valence-electron chi connectivity index (χ4n) is 0.813. The molecule has 1 saturated heterocycles. The molecule has 0 radical (unpaired) electrons. The second-order valence-corrected chi connectivity index (χ2v) is 2.31. The van der Waals surface area contributed by atoms with E-state index in [4.69, 9.17) is 0 Å². The molecule has 0 aromatic heterocycles. The summed E-state index contributed by atoms with van der Waals surface area (Å²) in [6.45, 7) is 2.01. The summed E-state index contributed by atoms with van der Waals surface area (Å²) >= 11 is 0. The third kappa shape index (κ3) is 1.80. The average Bonchev–Trinajstić information content (AvgIpc) is 2.26. The Labute approximate surface area is 64.7 Å². The van der Waals surface area contributed by atoms with Crippen LogP contribution in [0.15, 0.2) is 11.8 Å². The number of hydrogen-bond acceptors (Lipinski definition) is 2. The van der Waals surface area contributed by atoms with Crippen LogP contribution in [0.5, 0.6) is 0 Å². The quantitative estimate of drug-likeness (QED) is 0.449. The minimum atomic E-state index is -0.433. The van der Waals surface area contributed by atoms with Gasteiger partial charge in [0.1, 0.15) is 5.70 Å². The molecule has 1 fully saturated rings. The van der Waals surface area contributed by atoms with Gasteiger partial charge in [0.2, 0.25) is 0 Å². The van der Waals surface area contributed by atoms with E-state index in [2.05, 4.69) is 10.6 Å². The normalized spacial score (nSPS) is 20.3. The lowest BCUT2D eigenvalue weighted by Gasteiger charge is -1.90. The van der Waals surface area contributed by atoms with Gasteiger partial charge in [-0.1, -0.05) is 19.4 Å². The van der Waals surface area contributed by atoms with Crippen LogP contribution in [0.3, 0.4) is 0 Å². The monoisotopic (exact) mass is 154 g/mol. The highest BCUT2D eigenvalue weighted by atomic mass is 16.2. The Bertz CT molecular complexity index is 220. The standard InChI is InChI=1S/C7H10N2O2/c1-2-3-4-5-6(10)9-7(11)8-5/h4H,2-3H2,1H3,(H2,8,9,10,11)/b5-4-. The van der Waals surface area contributed by atoms with Crippen molar-refractivity contribution in [3.63, 3.8) is 0 Å². The number of nitrogens with one attached hydrogen (secondary N) is 2. The van der Waals surface area contributed by atoms with Gasteiger partial charge in [0.15, 0.2) is 0 Å². The van der Waals surface area contributed by atoms with Crippen molar-refractivity contribution >= 4 is 11.9 Å². The fourth-order valence-corrected chi connectivity index (χ4v) is 0.813. The van der Waals surface area contributed by atoms with Crippen LogP contribution in [0, 0.1) is 0 Å². The van der Waals surface area contributed by atoms with Gasteiger partial charge in [0.25, 0.3) is 5.91 Å². The van der Waals surface area contributed by atoms with E-state index < -0.39 is 6.03 Å². The van der Waals surface area contributed by atoms with E-state index in [9.17, 15) is 9.59 Å². The maximum absolute atomic E-state index is 10.8. The third-order valence-corrected chi connectivity index (χ3v) is 1.36. The summed E-state index contributed by atoms with van der Waals surface area (Å²) < 4.78 is 0. The minimum absolute atomic E-state index is 0.330. The molecule has 0 bridgehead atoms. The van der Waals surface area contributed by atoms with Crippen molar-refractivity contribution in [2.24, 2.45) is 0 Å². The summed E-state index contributed by atoms with van der Waals surface area (Å²) in [4.78, 5) is 21.4. The predicted octanol–water partition coefficient (Wildman–Crippen LogP) is 0.510. The number of hydrogen-bond donors (Lipinski definition) is 2. The average molecular weight is 154 g/mol. The number of rotatable bonds is 2. The van der Waals surface area contributed by atoms with E-state index in [1.54, 1.807) is 6.08 Å². The molecular formula is C7H10N2O2. The van der Waals surface area contributed by atoms with Crippen LogP contribution in [0.2, 0.25) is 0 Å². The van der Waals surface area contributed by atoms with Crippen molar-refractivity contribution in [3.8, 4) is 0 Å². The first kappa shape index (κ1) is 7.78. The molecule has 4 nitrogen and oxygen atoms in total. The summed E-state index contributed by atoms with van der Waals surface area (Å²) in [5.41, 5.74) is 0.372. The molecule has 4 heteroatoms. The van der Waals surface area contributed by atoms with Crippen LogP contribution in [0.25, 0.3) is 0 Å². The predicted molar refractivity (Wildman–Crippen MR) is 39.7 cm³/mol. The third-order valence-electron chi connectivity index (χ3n) is 1.36. The number of carbonyl (C=O) groups is 2. The molecule has 3 amide bonds. The van der Waals surface area contributed by atoms with E-state index in [1.165, 1.54) is 0 Å². The lowest BCUT2D eigenvalue weighted by Crippen LogP contribution is -2.22. The van der Waals surface area contributed by atoms with Gasteiger partial charge in [0, 0.05) is 0 Å². The number of imide groups is 1. The maximum Gasteiger partial charge on any atom is 0.326 e. The number of urea groups is 1. The molecule has 2 N–H and O–H groups in total. The van der Waals surface area contributed by atoms with Crippen LogP contribution in [-0.2, 0) is 4.79 Å². The van der Waals surface area contributed by atoms with Crippen molar-refractivity contribution in [1.82, 2.24) is 10.6 Å². The zero-order valence-electron chi connectivity index (χ0n) is 6.31. The van der Waals surface area contributed by atoms with Gasteiger partial charge in [-0.25, -0.2) is 4.79 Å². The van der Waals surface area contributed by atoms with Gasteiger partial charge >= 0.3 is 6.03 Å². The Morgan fingerprint density at radius 2 is 2.09 bits per heavy atom. The van der Waals surface area contributed by atoms with Gasteiger partial charge in [-0.3, -0.25) is 10.1 Å². The lowest BCUT2D eigenvalue weighted by molar-refractivity contribution is -0.115. The smallest absolute Gasteiger partial charge is 0.303 e. The Hall–Kier alpha value is -1.32. The zero-order valence-corrected chi connectivity index (χ0v) is 6.31. The Kier molecular flexibility index (Phi) is 2.25. The van der Waals surface area contributed by atoms with E-state index in [0.717, 1.165) is 12.8 Å². The molecule has 1 aliphatic rings. The molecule has 1 rings (SSSR count). The Morgan fingerprint density at radius 1 is 1.36 bits per heavy atom. The van der Waals surface area contributed by atoms with Crippen molar-refractivity contribution in [3.05, 3.63) is 11.8 Å². The SMILES string of the molecule is CCC/C=C1\NC(=O)NC1=O. The topological polar surface area (TPSA) is 58.2 Å². The highest BCUT2D eigenvalue weighted by Crippen LogP contribution is 2.00. The molecule has 0 atom stereocenters. The number of unbranched alkanes of at least 4 members (excludes halogenated alkanes) is 1. The number of allylic oxidation sites excluding steroid dienone is 1. The Balaban J connectivity index is 2.59. The molecule has 0 saturated carbocycles. The second kappa shape index (κ2) is 3.18. The first-order valence-corrected chi connectivity index (χ1v) is 3.56. The highest BCUT2D eigenvalue weighted by Gasteiger charge is 2.21. The molecule has 0 aromatic rings. The molecule has 60 valence electrons. The van der Waals surface area contributed by atoms with E-state index in [1.807, 2.05) is 6.92 Å². The second-order valence-electron chi connectivity index (χ2n) is 2.31. The van der Waals surface area contributed by atoms with Crippen LogP contribution < -0.4 is 10.6 Å². The van der Waals surface area contributed by atoms with Crippen LogP contribution >= 0.6 is 0 Å². The summed E-state index contributed by atoms with van der Waals surface area (Å²) in [5, 5.41) is 4.52. The molecule has 0 unspecified atom stereocenters. The molecule has 1 heterocycles. The van der Waals surface area contributed by atoms with Gasteiger partial charge in [-0.2, -0.15) is 0 Å². The number of carbonyl (C=O) groups excluding carboxylic acids is 2. The summed E-state index contributed by atoms with van der Waals surface area (Å²) in [6.07, 6.45) is 3.50. The van der Waals surface area contributed by atoms with Crippen molar-refractivity contribution in [2.45, 2.75) is 19.8 Å². The van der Waals surface area contributed by atoms with Crippen molar-refractivity contribution in [2.75, 3.05) is 0 Å². The first-order chi connectivity index (χ1) is 5.24. The minimum Gasteiger partial charge on any atom is -0.303 e. The first-order valence-electron chi connectivity index (χ1n) is 3.56. The van der Waals surface area contributed by atoms with Crippen molar-refractivity contribution in [1.29, 1.82) is 0 Å².